The zero-order valence-corrected chi connectivity index (χ0v) is 11.2. The number of rotatable bonds is 4. The second kappa shape index (κ2) is 5.48. The minimum Gasteiger partial charge on any atom is -0.493 e. The molecule has 1 heterocycles. The van der Waals surface area contributed by atoms with Gasteiger partial charge in [-0.25, -0.2) is 4.98 Å². The Hall–Kier alpha value is -2.76. The average molecular weight is 273 g/mol. The summed E-state index contributed by atoms with van der Waals surface area (Å²) in [5, 5.41) is 0. The summed E-state index contributed by atoms with van der Waals surface area (Å²) in [5.41, 5.74) is 12.8. The summed E-state index contributed by atoms with van der Waals surface area (Å²) in [6.07, 6.45) is 1.62. The van der Waals surface area contributed by atoms with E-state index in [2.05, 4.69) is 4.98 Å². The van der Waals surface area contributed by atoms with Gasteiger partial charge in [-0.15, -0.1) is 0 Å². The molecule has 0 saturated heterocycles. The molecule has 0 fully saturated rings. The van der Waals surface area contributed by atoms with Crippen LogP contribution in [-0.2, 0) is 0 Å². The zero-order chi connectivity index (χ0) is 14.7. The van der Waals surface area contributed by atoms with Crippen LogP contribution in [0.25, 0.3) is 0 Å². The molecule has 6 heteroatoms. The number of pyridine rings is 1. The highest BCUT2D eigenvalue weighted by Crippen LogP contribution is 2.32. The highest BCUT2D eigenvalue weighted by Gasteiger charge is 2.10. The van der Waals surface area contributed by atoms with Crippen LogP contribution in [0.4, 0.5) is 5.69 Å². The van der Waals surface area contributed by atoms with Crippen molar-refractivity contribution in [3.63, 3.8) is 0 Å². The molecular formula is C14H15N3O3. The van der Waals surface area contributed by atoms with Crippen molar-refractivity contribution >= 4 is 11.6 Å². The van der Waals surface area contributed by atoms with Gasteiger partial charge in [0.2, 0.25) is 11.8 Å². The van der Waals surface area contributed by atoms with Gasteiger partial charge in [0, 0.05) is 23.5 Å². The number of aromatic nitrogens is 1. The maximum Gasteiger partial charge on any atom is 0.248 e. The summed E-state index contributed by atoms with van der Waals surface area (Å²) < 4.78 is 10.8. The molecule has 0 saturated carbocycles. The molecule has 0 unspecified atom stereocenters. The highest BCUT2D eigenvalue weighted by atomic mass is 16.5. The monoisotopic (exact) mass is 273 g/mol. The van der Waals surface area contributed by atoms with Gasteiger partial charge in [0.05, 0.1) is 7.11 Å². The molecule has 0 aliphatic heterocycles. The Labute approximate surface area is 116 Å². The molecule has 0 aliphatic rings. The Morgan fingerprint density at radius 2 is 2.00 bits per heavy atom. The van der Waals surface area contributed by atoms with E-state index in [0.717, 1.165) is 5.56 Å². The number of ether oxygens (including phenoxy) is 2. The summed E-state index contributed by atoms with van der Waals surface area (Å²) in [6.45, 7) is 1.86. The lowest BCUT2D eigenvalue weighted by molar-refractivity contribution is 0.1000. The molecule has 4 N–H and O–H groups in total. The molecule has 104 valence electrons. The van der Waals surface area contributed by atoms with Crippen LogP contribution in [0, 0.1) is 6.92 Å². The van der Waals surface area contributed by atoms with Crippen LogP contribution in [0.2, 0.25) is 0 Å². The molecule has 1 aromatic carbocycles. The fourth-order valence-electron chi connectivity index (χ4n) is 1.59. The fraction of sp³-hybridized carbons (Fsp3) is 0.143. The molecule has 0 bridgehead atoms. The number of nitrogen functional groups attached to an aromatic ring is 1. The van der Waals surface area contributed by atoms with Gasteiger partial charge >= 0.3 is 0 Å². The van der Waals surface area contributed by atoms with Crippen molar-refractivity contribution in [3.05, 3.63) is 41.6 Å². The van der Waals surface area contributed by atoms with E-state index in [-0.39, 0.29) is 0 Å². The van der Waals surface area contributed by atoms with E-state index < -0.39 is 5.91 Å². The number of carbonyl (C=O) groups excluding carboxylic acids is 1. The Balaban J connectivity index is 2.32. The van der Waals surface area contributed by atoms with Gasteiger partial charge < -0.3 is 20.9 Å². The number of amides is 1. The van der Waals surface area contributed by atoms with Gasteiger partial charge in [0.1, 0.15) is 0 Å². The van der Waals surface area contributed by atoms with E-state index in [0.29, 0.717) is 28.6 Å². The number of hydrogen-bond acceptors (Lipinski definition) is 5. The van der Waals surface area contributed by atoms with Crippen molar-refractivity contribution in [1.82, 2.24) is 4.98 Å². The van der Waals surface area contributed by atoms with Gasteiger partial charge in [-0.3, -0.25) is 4.79 Å². The number of anilines is 1. The minimum atomic E-state index is -0.535. The van der Waals surface area contributed by atoms with E-state index in [1.165, 1.54) is 13.2 Å². The van der Waals surface area contributed by atoms with Crippen molar-refractivity contribution in [2.75, 3.05) is 12.8 Å². The number of hydrogen-bond donors (Lipinski definition) is 2. The van der Waals surface area contributed by atoms with Gasteiger partial charge in [0.15, 0.2) is 11.5 Å². The summed E-state index contributed by atoms with van der Waals surface area (Å²) in [6, 6.07) is 6.28. The van der Waals surface area contributed by atoms with E-state index >= 15 is 0 Å². The summed E-state index contributed by atoms with van der Waals surface area (Å²) >= 11 is 0. The Morgan fingerprint density at radius 1 is 1.25 bits per heavy atom. The van der Waals surface area contributed by atoms with E-state index in [4.69, 9.17) is 20.9 Å². The van der Waals surface area contributed by atoms with Crippen molar-refractivity contribution in [2.45, 2.75) is 6.92 Å². The first-order chi connectivity index (χ1) is 9.51. The number of aryl methyl sites for hydroxylation is 1. The van der Waals surface area contributed by atoms with Crippen LogP contribution in [0.5, 0.6) is 17.4 Å². The maximum atomic E-state index is 11.1. The third-order valence-corrected chi connectivity index (χ3v) is 2.78. The van der Waals surface area contributed by atoms with E-state index in [1.807, 2.05) is 6.92 Å². The lowest BCUT2D eigenvalue weighted by atomic mass is 10.2. The standard InChI is InChI=1S/C14H15N3O3/c1-8-7-17-13(6-10(8)15)20-11-4-3-9(14(16)18)5-12(11)19-2/h3-7H,1-2H3,(H2,15,17)(H2,16,18). The van der Waals surface area contributed by atoms with Gasteiger partial charge in [0.25, 0.3) is 0 Å². The predicted octanol–water partition coefficient (Wildman–Crippen LogP) is 1.87. The molecule has 2 rings (SSSR count). The first-order valence-corrected chi connectivity index (χ1v) is 5.89. The number of methoxy groups -OCH3 is 1. The van der Waals surface area contributed by atoms with Gasteiger partial charge in [-0.1, -0.05) is 0 Å². The summed E-state index contributed by atoms with van der Waals surface area (Å²) in [7, 11) is 1.48. The summed E-state index contributed by atoms with van der Waals surface area (Å²) in [5.74, 6) is 0.626. The van der Waals surface area contributed by atoms with E-state index in [9.17, 15) is 4.79 Å². The molecule has 0 atom stereocenters. The third-order valence-electron chi connectivity index (χ3n) is 2.78. The van der Waals surface area contributed by atoms with Crippen molar-refractivity contribution in [3.8, 4) is 17.4 Å². The van der Waals surface area contributed by atoms with Crippen LogP contribution >= 0.6 is 0 Å². The number of nitrogens with zero attached hydrogens (tertiary/aromatic N) is 1. The first kappa shape index (κ1) is 13.7. The molecule has 6 nitrogen and oxygen atoms in total. The molecule has 1 amide bonds. The third kappa shape index (κ3) is 2.80. The molecule has 0 spiro atoms. The molecule has 1 aromatic heterocycles. The lowest BCUT2D eigenvalue weighted by Gasteiger charge is -2.11. The largest absolute Gasteiger partial charge is 0.493 e. The van der Waals surface area contributed by atoms with Gasteiger partial charge in [-0.2, -0.15) is 0 Å². The van der Waals surface area contributed by atoms with Gasteiger partial charge in [-0.05, 0) is 30.7 Å². The quantitative estimate of drug-likeness (QED) is 0.885. The summed E-state index contributed by atoms with van der Waals surface area (Å²) in [4.78, 5) is 15.2. The van der Waals surface area contributed by atoms with Crippen molar-refractivity contribution in [1.29, 1.82) is 0 Å². The molecule has 0 radical (unpaired) electrons. The van der Waals surface area contributed by atoms with Crippen molar-refractivity contribution < 1.29 is 14.3 Å². The van der Waals surface area contributed by atoms with Crippen LogP contribution in [-0.4, -0.2) is 18.0 Å². The van der Waals surface area contributed by atoms with Crippen LogP contribution < -0.4 is 20.9 Å². The Morgan fingerprint density at radius 3 is 2.60 bits per heavy atom. The second-order valence-corrected chi connectivity index (χ2v) is 4.21. The zero-order valence-electron chi connectivity index (χ0n) is 11.2. The van der Waals surface area contributed by atoms with Crippen molar-refractivity contribution in [2.24, 2.45) is 5.73 Å². The van der Waals surface area contributed by atoms with E-state index in [1.54, 1.807) is 24.4 Å². The molecule has 2 aromatic rings. The second-order valence-electron chi connectivity index (χ2n) is 4.21. The Bertz CT molecular complexity index is 656. The predicted molar refractivity (Wildman–Crippen MR) is 75.0 cm³/mol. The SMILES string of the molecule is COc1cc(C(N)=O)ccc1Oc1cc(N)c(C)cn1. The molecular weight excluding hydrogens is 258 g/mol. The number of carbonyl (C=O) groups is 1. The highest BCUT2D eigenvalue weighted by molar-refractivity contribution is 5.93. The Kier molecular flexibility index (Phi) is 3.74. The normalized spacial score (nSPS) is 10.1. The average Bonchev–Trinajstić information content (AvgIpc) is 2.43. The molecule has 0 aliphatic carbocycles. The first-order valence-electron chi connectivity index (χ1n) is 5.89. The fourth-order valence-corrected chi connectivity index (χ4v) is 1.59. The van der Waals surface area contributed by atoms with Crippen LogP contribution in [0.1, 0.15) is 15.9 Å². The maximum absolute atomic E-state index is 11.1. The number of nitrogens with two attached hydrogens (primary N) is 2. The smallest absolute Gasteiger partial charge is 0.248 e. The van der Waals surface area contributed by atoms with Crippen LogP contribution in [0.15, 0.2) is 30.5 Å². The number of benzene rings is 1. The topological polar surface area (TPSA) is 100 Å². The molecule has 20 heavy (non-hydrogen) atoms. The lowest BCUT2D eigenvalue weighted by Crippen LogP contribution is -2.10. The minimum absolute atomic E-state index is 0.338. The van der Waals surface area contributed by atoms with Crippen LogP contribution in [0.3, 0.4) is 0 Å². The number of primary amides is 1.